The molecule has 1 heterocycles. The summed E-state index contributed by atoms with van der Waals surface area (Å²) in [7, 11) is 0. The Labute approximate surface area is 128 Å². The number of rotatable bonds is 4. The van der Waals surface area contributed by atoms with Crippen LogP contribution in [0.25, 0.3) is 0 Å². The van der Waals surface area contributed by atoms with E-state index in [2.05, 4.69) is 24.8 Å². The van der Waals surface area contributed by atoms with E-state index in [-0.39, 0.29) is 5.41 Å². The summed E-state index contributed by atoms with van der Waals surface area (Å²) in [6.45, 7) is 12.1. The summed E-state index contributed by atoms with van der Waals surface area (Å²) in [6, 6.07) is 8.05. The van der Waals surface area contributed by atoms with Gasteiger partial charge in [-0.15, -0.1) is 0 Å². The van der Waals surface area contributed by atoms with Gasteiger partial charge in [-0.3, -0.25) is 4.90 Å². The van der Waals surface area contributed by atoms with Gasteiger partial charge < -0.3 is 5.11 Å². The third-order valence-corrected chi connectivity index (χ3v) is 4.70. The second kappa shape index (κ2) is 5.45. The molecule has 3 heteroatoms. The zero-order chi connectivity index (χ0) is 15.8. The van der Waals surface area contributed by atoms with Crippen LogP contribution in [0, 0.1) is 5.41 Å². The van der Waals surface area contributed by atoms with Gasteiger partial charge in [0.15, 0.2) is 0 Å². The van der Waals surface area contributed by atoms with E-state index in [9.17, 15) is 9.90 Å². The molecular formula is C18H27NO2. The number of likely N-dealkylation sites (tertiary alicyclic amines) is 1. The van der Waals surface area contributed by atoms with E-state index in [0.29, 0.717) is 5.92 Å². The Balaban J connectivity index is 2.74. The second-order valence-electron chi connectivity index (χ2n) is 7.35. The highest BCUT2D eigenvalue weighted by Gasteiger charge is 2.56. The molecule has 1 saturated heterocycles. The van der Waals surface area contributed by atoms with Crippen LogP contribution in [0.5, 0.6) is 0 Å². The van der Waals surface area contributed by atoms with Crippen LogP contribution in [0.1, 0.15) is 58.1 Å². The van der Waals surface area contributed by atoms with E-state index in [1.807, 2.05) is 39.0 Å². The van der Waals surface area contributed by atoms with E-state index < -0.39 is 11.5 Å². The van der Waals surface area contributed by atoms with Crippen LogP contribution in [-0.4, -0.2) is 29.1 Å². The van der Waals surface area contributed by atoms with Gasteiger partial charge in [0.05, 0.1) is 0 Å². The molecule has 1 aromatic rings. The number of carboxylic acids is 1. The number of hydrogen-bond acceptors (Lipinski definition) is 2. The molecule has 2 rings (SSSR count). The monoisotopic (exact) mass is 289 g/mol. The lowest BCUT2D eigenvalue weighted by Crippen LogP contribution is -2.64. The van der Waals surface area contributed by atoms with Crippen molar-refractivity contribution in [3.8, 4) is 0 Å². The van der Waals surface area contributed by atoms with Gasteiger partial charge in [0.1, 0.15) is 5.54 Å². The third kappa shape index (κ3) is 2.38. The number of hydrogen-bond donors (Lipinski definition) is 1. The normalized spacial score (nSPS) is 19.1. The predicted molar refractivity (Wildman–Crippen MR) is 85.5 cm³/mol. The maximum Gasteiger partial charge on any atom is 0.329 e. The van der Waals surface area contributed by atoms with Crippen molar-refractivity contribution in [2.24, 2.45) is 5.41 Å². The van der Waals surface area contributed by atoms with Crippen molar-refractivity contribution in [1.29, 1.82) is 0 Å². The third-order valence-electron chi connectivity index (χ3n) is 4.70. The van der Waals surface area contributed by atoms with Crippen molar-refractivity contribution in [2.45, 2.75) is 52.5 Å². The first-order valence-corrected chi connectivity index (χ1v) is 7.80. The van der Waals surface area contributed by atoms with Crippen LogP contribution < -0.4 is 0 Å². The van der Waals surface area contributed by atoms with Crippen LogP contribution in [-0.2, 0) is 10.3 Å². The molecule has 1 aliphatic heterocycles. The number of carboxylic acid groups (broad SMARTS) is 1. The molecule has 1 N–H and O–H groups in total. The average Bonchev–Trinajstić information content (AvgIpc) is 2.31. The van der Waals surface area contributed by atoms with Crippen LogP contribution in [0.4, 0.5) is 0 Å². The van der Waals surface area contributed by atoms with Crippen LogP contribution in [0.3, 0.4) is 0 Å². The molecule has 116 valence electrons. The smallest absolute Gasteiger partial charge is 0.329 e. The summed E-state index contributed by atoms with van der Waals surface area (Å²) >= 11 is 0. The molecule has 0 amide bonds. The highest BCUT2D eigenvalue weighted by Crippen LogP contribution is 2.48. The van der Waals surface area contributed by atoms with Gasteiger partial charge in [-0.25, -0.2) is 4.79 Å². The molecule has 3 nitrogen and oxygen atoms in total. The summed E-state index contributed by atoms with van der Waals surface area (Å²) in [6.07, 6.45) is 1.08. The van der Waals surface area contributed by atoms with Gasteiger partial charge in [-0.1, -0.05) is 58.9 Å². The SMILES string of the molecule is CC(C)c1ccccc1C(C(=O)O)(N1CCC1)C(C)(C)C. The minimum atomic E-state index is -0.952. The van der Waals surface area contributed by atoms with Crippen molar-refractivity contribution < 1.29 is 9.90 Å². The van der Waals surface area contributed by atoms with Crippen molar-refractivity contribution >= 4 is 5.97 Å². The first-order chi connectivity index (χ1) is 9.73. The van der Waals surface area contributed by atoms with Gasteiger partial charge in [0.2, 0.25) is 0 Å². The van der Waals surface area contributed by atoms with Crippen molar-refractivity contribution in [3.63, 3.8) is 0 Å². The van der Waals surface area contributed by atoms with Crippen molar-refractivity contribution in [2.75, 3.05) is 13.1 Å². The Bertz CT molecular complexity index is 526. The second-order valence-corrected chi connectivity index (χ2v) is 7.35. The zero-order valence-corrected chi connectivity index (χ0v) is 13.8. The molecule has 0 aliphatic carbocycles. The molecule has 1 aromatic carbocycles. The van der Waals surface area contributed by atoms with Gasteiger partial charge in [-0.05, 0) is 28.9 Å². The zero-order valence-electron chi connectivity index (χ0n) is 13.8. The lowest BCUT2D eigenvalue weighted by atomic mass is 9.65. The van der Waals surface area contributed by atoms with Gasteiger partial charge >= 0.3 is 5.97 Å². The lowest BCUT2D eigenvalue weighted by molar-refractivity contribution is -0.167. The van der Waals surface area contributed by atoms with E-state index >= 15 is 0 Å². The molecule has 0 aromatic heterocycles. The largest absolute Gasteiger partial charge is 0.480 e. The molecule has 0 bridgehead atoms. The number of nitrogens with zero attached hydrogens (tertiary/aromatic N) is 1. The van der Waals surface area contributed by atoms with Crippen molar-refractivity contribution in [3.05, 3.63) is 35.4 Å². The van der Waals surface area contributed by atoms with Crippen molar-refractivity contribution in [1.82, 2.24) is 4.90 Å². The highest BCUT2D eigenvalue weighted by atomic mass is 16.4. The summed E-state index contributed by atoms with van der Waals surface area (Å²) in [5, 5.41) is 10.2. The first kappa shape index (κ1) is 16.0. The topological polar surface area (TPSA) is 40.5 Å². The number of aliphatic carboxylic acids is 1. The lowest BCUT2D eigenvalue weighted by Gasteiger charge is -2.53. The van der Waals surface area contributed by atoms with Crippen LogP contribution in [0.2, 0.25) is 0 Å². The summed E-state index contributed by atoms with van der Waals surface area (Å²) in [5.41, 5.74) is 0.762. The molecule has 21 heavy (non-hydrogen) atoms. The average molecular weight is 289 g/mol. The molecular weight excluding hydrogens is 262 g/mol. The molecule has 0 spiro atoms. The molecule has 1 aliphatic rings. The van der Waals surface area contributed by atoms with E-state index in [4.69, 9.17) is 0 Å². The minimum absolute atomic E-state index is 0.309. The quantitative estimate of drug-likeness (QED) is 0.915. The summed E-state index contributed by atoms with van der Waals surface area (Å²) in [5.74, 6) is -0.425. The van der Waals surface area contributed by atoms with E-state index in [1.165, 1.54) is 0 Å². The Hall–Kier alpha value is -1.35. The molecule has 1 atom stereocenters. The van der Waals surface area contributed by atoms with E-state index in [1.54, 1.807) is 0 Å². The highest BCUT2D eigenvalue weighted by molar-refractivity contribution is 5.83. The Morgan fingerprint density at radius 3 is 2.14 bits per heavy atom. The van der Waals surface area contributed by atoms with E-state index in [0.717, 1.165) is 30.6 Å². The summed E-state index contributed by atoms with van der Waals surface area (Å²) in [4.78, 5) is 14.6. The molecule has 0 saturated carbocycles. The van der Waals surface area contributed by atoms with Gasteiger partial charge in [0, 0.05) is 13.1 Å². The fraction of sp³-hybridized carbons (Fsp3) is 0.611. The van der Waals surface area contributed by atoms with Gasteiger partial charge in [-0.2, -0.15) is 0 Å². The maximum absolute atomic E-state index is 12.4. The first-order valence-electron chi connectivity index (χ1n) is 7.80. The molecule has 0 radical (unpaired) electrons. The summed E-state index contributed by atoms with van der Waals surface area (Å²) < 4.78 is 0. The van der Waals surface area contributed by atoms with Gasteiger partial charge in [0.25, 0.3) is 0 Å². The maximum atomic E-state index is 12.4. The number of carbonyl (C=O) groups is 1. The number of benzene rings is 1. The Morgan fingerprint density at radius 2 is 1.76 bits per heavy atom. The fourth-order valence-electron chi connectivity index (χ4n) is 3.60. The minimum Gasteiger partial charge on any atom is -0.480 e. The predicted octanol–water partition coefficient (Wildman–Crippen LogP) is 3.84. The standard InChI is InChI=1S/C18H27NO2/c1-13(2)14-9-6-7-10-15(14)18(16(20)21,17(3,4)5)19-11-8-12-19/h6-7,9-10,13H,8,11-12H2,1-5H3,(H,20,21). The van der Waals surface area contributed by atoms with Crippen LogP contribution in [0.15, 0.2) is 24.3 Å². The molecule has 1 unspecified atom stereocenters. The Morgan fingerprint density at radius 1 is 1.19 bits per heavy atom. The fourth-order valence-corrected chi connectivity index (χ4v) is 3.60. The Kier molecular flexibility index (Phi) is 4.16. The molecule has 1 fully saturated rings. The van der Waals surface area contributed by atoms with Crippen LogP contribution >= 0.6 is 0 Å².